The van der Waals surface area contributed by atoms with Gasteiger partial charge in [0.05, 0.1) is 16.3 Å². The summed E-state index contributed by atoms with van der Waals surface area (Å²) < 4.78 is 37.3. The van der Waals surface area contributed by atoms with Crippen molar-refractivity contribution in [1.82, 2.24) is 15.2 Å². The van der Waals surface area contributed by atoms with E-state index in [0.29, 0.717) is 12.2 Å². The SMILES string of the molecule is FC(F)(F)c1cnc(CN2CCNCC2)c(Cl)c1. The zero-order chi connectivity index (χ0) is 13.2. The minimum Gasteiger partial charge on any atom is -0.314 e. The minimum atomic E-state index is -4.40. The summed E-state index contributed by atoms with van der Waals surface area (Å²) in [5.74, 6) is 0. The quantitative estimate of drug-likeness (QED) is 0.899. The molecule has 1 fully saturated rings. The van der Waals surface area contributed by atoms with Crippen LogP contribution in [-0.2, 0) is 12.7 Å². The summed E-state index contributed by atoms with van der Waals surface area (Å²) in [4.78, 5) is 5.93. The third-order valence-corrected chi connectivity index (χ3v) is 3.15. The average molecular weight is 280 g/mol. The molecule has 1 aromatic rings. The van der Waals surface area contributed by atoms with E-state index in [1.54, 1.807) is 0 Å². The van der Waals surface area contributed by atoms with Crippen LogP contribution in [0.2, 0.25) is 5.02 Å². The summed E-state index contributed by atoms with van der Waals surface area (Å²) in [5, 5.41) is 3.27. The Bertz CT molecular complexity index is 416. The summed E-state index contributed by atoms with van der Waals surface area (Å²) in [6, 6.07) is 0.937. The molecule has 0 aromatic carbocycles. The van der Waals surface area contributed by atoms with Crippen molar-refractivity contribution in [3.63, 3.8) is 0 Å². The lowest BCUT2D eigenvalue weighted by Crippen LogP contribution is -2.43. The molecule has 0 saturated carbocycles. The molecule has 2 rings (SSSR count). The predicted octanol–water partition coefficient (Wildman–Crippen LogP) is 2.16. The van der Waals surface area contributed by atoms with Crippen LogP contribution in [0.5, 0.6) is 0 Å². The topological polar surface area (TPSA) is 28.2 Å². The van der Waals surface area contributed by atoms with Gasteiger partial charge < -0.3 is 5.32 Å². The van der Waals surface area contributed by atoms with Gasteiger partial charge in [-0.05, 0) is 6.07 Å². The molecule has 1 aliphatic rings. The molecule has 18 heavy (non-hydrogen) atoms. The number of hydrogen-bond acceptors (Lipinski definition) is 3. The molecule has 0 spiro atoms. The van der Waals surface area contributed by atoms with Gasteiger partial charge in [0.15, 0.2) is 0 Å². The van der Waals surface area contributed by atoms with E-state index in [-0.39, 0.29) is 5.02 Å². The van der Waals surface area contributed by atoms with Gasteiger partial charge in [0.1, 0.15) is 0 Å². The fraction of sp³-hybridized carbons (Fsp3) is 0.545. The average Bonchev–Trinajstić information content (AvgIpc) is 2.32. The molecule has 1 aliphatic heterocycles. The molecular weight excluding hydrogens is 267 g/mol. The first kappa shape index (κ1) is 13.6. The molecular formula is C11H13ClF3N3. The number of hydrogen-bond donors (Lipinski definition) is 1. The zero-order valence-corrected chi connectivity index (χ0v) is 10.4. The molecule has 0 unspecified atom stereocenters. The Morgan fingerprint density at radius 3 is 2.56 bits per heavy atom. The van der Waals surface area contributed by atoms with E-state index >= 15 is 0 Å². The number of halogens is 4. The normalized spacial score (nSPS) is 18.0. The second-order valence-electron chi connectivity index (χ2n) is 4.18. The third-order valence-electron chi connectivity index (χ3n) is 2.83. The van der Waals surface area contributed by atoms with Crippen molar-refractivity contribution < 1.29 is 13.2 Å². The van der Waals surface area contributed by atoms with Gasteiger partial charge in [-0.3, -0.25) is 9.88 Å². The Hall–Kier alpha value is -0.850. The Labute approximate surface area is 108 Å². The van der Waals surface area contributed by atoms with Crippen LogP contribution < -0.4 is 5.32 Å². The summed E-state index contributed by atoms with van der Waals surface area (Å²) >= 11 is 5.85. The van der Waals surface area contributed by atoms with E-state index in [0.717, 1.165) is 38.4 Å². The number of pyridine rings is 1. The predicted molar refractivity (Wildman–Crippen MR) is 62.4 cm³/mol. The number of piperazine rings is 1. The molecule has 0 amide bonds. The highest BCUT2D eigenvalue weighted by Gasteiger charge is 2.31. The first-order valence-corrected chi connectivity index (χ1v) is 5.99. The first-order valence-electron chi connectivity index (χ1n) is 5.61. The van der Waals surface area contributed by atoms with Gasteiger partial charge in [-0.15, -0.1) is 0 Å². The van der Waals surface area contributed by atoms with Gasteiger partial charge in [-0.1, -0.05) is 11.6 Å². The molecule has 1 saturated heterocycles. The van der Waals surface area contributed by atoms with Crippen molar-refractivity contribution in [3.8, 4) is 0 Å². The summed E-state index contributed by atoms with van der Waals surface area (Å²) in [6.45, 7) is 3.92. The third kappa shape index (κ3) is 3.34. The maximum atomic E-state index is 12.4. The molecule has 3 nitrogen and oxygen atoms in total. The Balaban J connectivity index is 2.09. The lowest BCUT2D eigenvalue weighted by molar-refractivity contribution is -0.137. The second-order valence-corrected chi connectivity index (χ2v) is 4.58. The highest BCUT2D eigenvalue weighted by molar-refractivity contribution is 6.31. The van der Waals surface area contributed by atoms with Gasteiger partial charge >= 0.3 is 6.18 Å². The molecule has 0 bridgehead atoms. The van der Waals surface area contributed by atoms with E-state index < -0.39 is 11.7 Å². The molecule has 1 N–H and O–H groups in total. The van der Waals surface area contributed by atoms with Crippen LogP contribution in [0.25, 0.3) is 0 Å². The van der Waals surface area contributed by atoms with E-state index in [1.165, 1.54) is 0 Å². The van der Waals surface area contributed by atoms with Crippen LogP contribution in [0.15, 0.2) is 12.3 Å². The highest BCUT2D eigenvalue weighted by atomic mass is 35.5. The van der Waals surface area contributed by atoms with Gasteiger partial charge in [-0.2, -0.15) is 13.2 Å². The fourth-order valence-electron chi connectivity index (χ4n) is 1.82. The maximum Gasteiger partial charge on any atom is 0.417 e. The molecule has 2 heterocycles. The van der Waals surface area contributed by atoms with Crippen molar-refractivity contribution >= 4 is 11.6 Å². The molecule has 0 atom stereocenters. The van der Waals surface area contributed by atoms with Crippen LogP contribution >= 0.6 is 11.6 Å². The van der Waals surface area contributed by atoms with Gasteiger partial charge in [0.2, 0.25) is 0 Å². The van der Waals surface area contributed by atoms with Crippen LogP contribution in [0.1, 0.15) is 11.3 Å². The highest BCUT2D eigenvalue weighted by Crippen LogP contribution is 2.31. The van der Waals surface area contributed by atoms with Crippen LogP contribution in [-0.4, -0.2) is 36.1 Å². The summed E-state index contributed by atoms with van der Waals surface area (Å²) in [5.41, 5.74) is -0.317. The Kier molecular flexibility index (Phi) is 4.09. The number of alkyl halides is 3. The number of nitrogens with zero attached hydrogens (tertiary/aromatic N) is 2. The lowest BCUT2D eigenvalue weighted by Gasteiger charge is -2.27. The van der Waals surface area contributed by atoms with E-state index in [9.17, 15) is 13.2 Å². The van der Waals surface area contributed by atoms with Crippen molar-refractivity contribution in [2.24, 2.45) is 0 Å². The summed E-state index contributed by atoms with van der Waals surface area (Å²) in [7, 11) is 0. The molecule has 0 radical (unpaired) electrons. The van der Waals surface area contributed by atoms with Crippen LogP contribution in [0.4, 0.5) is 13.2 Å². The number of rotatable bonds is 2. The fourth-order valence-corrected chi connectivity index (χ4v) is 2.04. The van der Waals surface area contributed by atoms with Crippen molar-refractivity contribution in [3.05, 3.63) is 28.5 Å². The van der Waals surface area contributed by atoms with Crippen LogP contribution in [0.3, 0.4) is 0 Å². The lowest BCUT2D eigenvalue weighted by atomic mass is 10.2. The molecule has 7 heteroatoms. The zero-order valence-electron chi connectivity index (χ0n) is 9.60. The Morgan fingerprint density at radius 2 is 2.00 bits per heavy atom. The standard InChI is InChI=1S/C11H13ClF3N3/c12-9-5-8(11(13,14)15)6-17-10(9)7-18-3-1-16-2-4-18/h5-6,16H,1-4,7H2. The van der Waals surface area contributed by atoms with E-state index in [1.807, 2.05) is 0 Å². The number of aromatic nitrogens is 1. The van der Waals surface area contributed by atoms with E-state index in [4.69, 9.17) is 11.6 Å². The van der Waals surface area contributed by atoms with E-state index in [2.05, 4.69) is 15.2 Å². The van der Waals surface area contributed by atoms with Gasteiger partial charge in [0, 0.05) is 38.9 Å². The van der Waals surface area contributed by atoms with Crippen LogP contribution in [0, 0.1) is 0 Å². The van der Waals surface area contributed by atoms with Crippen molar-refractivity contribution in [2.45, 2.75) is 12.7 Å². The molecule has 1 aromatic heterocycles. The molecule has 100 valence electrons. The summed E-state index contributed by atoms with van der Waals surface area (Å²) in [6.07, 6.45) is -3.56. The molecule has 0 aliphatic carbocycles. The monoisotopic (exact) mass is 279 g/mol. The number of nitrogens with one attached hydrogen (secondary N) is 1. The van der Waals surface area contributed by atoms with Gasteiger partial charge in [-0.25, -0.2) is 0 Å². The Morgan fingerprint density at radius 1 is 1.33 bits per heavy atom. The smallest absolute Gasteiger partial charge is 0.314 e. The van der Waals surface area contributed by atoms with Crippen molar-refractivity contribution in [1.29, 1.82) is 0 Å². The largest absolute Gasteiger partial charge is 0.417 e. The van der Waals surface area contributed by atoms with Gasteiger partial charge in [0.25, 0.3) is 0 Å². The first-order chi connectivity index (χ1) is 8.47. The second kappa shape index (κ2) is 5.42. The minimum absolute atomic E-state index is 0.0726. The van der Waals surface area contributed by atoms with Crippen molar-refractivity contribution in [2.75, 3.05) is 26.2 Å². The maximum absolute atomic E-state index is 12.4.